The van der Waals surface area contributed by atoms with E-state index < -0.39 is 12.0 Å². The van der Waals surface area contributed by atoms with Crippen LogP contribution in [0, 0.1) is 0 Å². The number of esters is 1. The highest BCUT2D eigenvalue weighted by Gasteiger charge is 2.35. The van der Waals surface area contributed by atoms with Crippen molar-refractivity contribution in [3.63, 3.8) is 0 Å². The molecule has 0 saturated carbocycles. The van der Waals surface area contributed by atoms with Crippen LogP contribution in [0.4, 0.5) is 0 Å². The van der Waals surface area contributed by atoms with E-state index in [0.717, 1.165) is 11.1 Å². The van der Waals surface area contributed by atoms with Crippen LogP contribution in [-0.4, -0.2) is 31.4 Å². The highest BCUT2D eigenvalue weighted by Crippen LogP contribution is 2.38. The second kappa shape index (κ2) is 14.9. The number of thiazole rings is 1. The number of rotatable bonds is 10. The molecule has 0 saturated heterocycles. The van der Waals surface area contributed by atoms with Gasteiger partial charge < -0.3 is 18.9 Å². The topological polar surface area (TPSA) is 88.4 Å². The number of hydrogen-bond acceptors (Lipinski definition) is 8. The Balaban J connectivity index is 1.48. The van der Waals surface area contributed by atoms with E-state index in [9.17, 15) is 9.59 Å². The van der Waals surface area contributed by atoms with E-state index in [0.29, 0.717) is 53.5 Å². The molecule has 0 aliphatic carbocycles. The minimum atomic E-state index is -0.825. The summed E-state index contributed by atoms with van der Waals surface area (Å²) < 4.78 is 24.5. The number of benzene rings is 4. The molecule has 0 unspecified atom stereocenters. The maximum absolute atomic E-state index is 14.3. The first kappa shape index (κ1) is 34.3. The van der Waals surface area contributed by atoms with Crippen molar-refractivity contribution in [2.24, 2.45) is 4.99 Å². The zero-order chi connectivity index (χ0) is 34.7. The predicted octanol–water partition coefficient (Wildman–Crippen LogP) is 7.49. The number of carbonyl (C=O) groups excluding carboxylic acids is 1. The molecule has 12 heteroatoms. The van der Waals surface area contributed by atoms with E-state index in [-0.39, 0.29) is 29.4 Å². The van der Waals surface area contributed by atoms with E-state index in [1.165, 1.54) is 23.0 Å². The number of ether oxygens (including phenoxy) is 4. The van der Waals surface area contributed by atoms with E-state index in [2.05, 4.69) is 0 Å². The molecular weight excluding hydrogens is 707 g/mol. The molecule has 1 aromatic heterocycles. The first-order valence-corrected chi connectivity index (χ1v) is 17.0. The van der Waals surface area contributed by atoms with Crippen molar-refractivity contribution in [2.45, 2.75) is 19.6 Å². The monoisotopic (exact) mass is 734 g/mol. The lowest BCUT2D eigenvalue weighted by Gasteiger charge is -2.26. The van der Waals surface area contributed by atoms with Crippen molar-refractivity contribution < 1.29 is 23.7 Å². The van der Waals surface area contributed by atoms with E-state index >= 15 is 0 Å². The van der Waals surface area contributed by atoms with Gasteiger partial charge in [-0.15, -0.1) is 0 Å². The van der Waals surface area contributed by atoms with Crippen LogP contribution in [0.15, 0.2) is 100 Å². The molecule has 0 radical (unpaired) electrons. The average Bonchev–Trinajstić information content (AvgIpc) is 3.42. The molecule has 1 aliphatic rings. The Kier molecular flexibility index (Phi) is 10.5. The van der Waals surface area contributed by atoms with Crippen molar-refractivity contribution in [3.05, 3.63) is 148 Å². The Morgan fingerprint density at radius 2 is 1.67 bits per heavy atom. The Morgan fingerprint density at radius 1 is 0.918 bits per heavy atom. The van der Waals surface area contributed by atoms with Gasteiger partial charge in [-0.05, 0) is 66.1 Å². The fourth-order valence-electron chi connectivity index (χ4n) is 5.44. The summed E-state index contributed by atoms with van der Waals surface area (Å²) in [6.07, 6.45) is 1.71. The molecule has 6 rings (SSSR count). The van der Waals surface area contributed by atoms with E-state index in [1.54, 1.807) is 62.6 Å². The lowest BCUT2D eigenvalue weighted by molar-refractivity contribution is -0.138. The molecular formula is C37H29Cl3N2O6S. The van der Waals surface area contributed by atoms with Crippen LogP contribution in [-0.2, 0) is 16.1 Å². The summed E-state index contributed by atoms with van der Waals surface area (Å²) in [5.74, 6) is 0.781. The summed E-state index contributed by atoms with van der Waals surface area (Å²) in [5, 5.41) is 1.14. The summed E-state index contributed by atoms with van der Waals surface area (Å²) in [6.45, 7) is 2.06. The van der Waals surface area contributed by atoms with Gasteiger partial charge in [0, 0.05) is 5.56 Å². The van der Waals surface area contributed by atoms with Crippen LogP contribution in [0.1, 0.15) is 35.2 Å². The molecule has 4 aromatic carbocycles. The van der Waals surface area contributed by atoms with Crippen molar-refractivity contribution in [1.29, 1.82) is 0 Å². The second-order valence-corrected chi connectivity index (χ2v) is 13.0. The molecule has 49 heavy (non-hydrogen) atoms. The third-order valence-electron chi connectivity index (χ3n) is 7.72. The van der Waals surface area contributed by atoms with Crippen molar-refractivity contribution in [1.82, 2.24) is 4.57 Å². The predicted molar refractivity (Wildman–Crippen MR) is 193 cm³/mol. The summed E-state index contributed by atoms with van der Waals surface area (Å²) in [4.78, 5) is 33.3. The molecule has 0 spiro atoms. The number of halogens is 3. The van der Waals surface area contributed by atoms with Gasteiger partial charge in [-0.25, -0.2) is 9.79 Å². The molecule has 0 N–H and O–H groups in total. The zero-order valence-electron chi connectivity index (χ0n) is 26.5. The van der Waals surface area contributed by atoms with Gasteiger partial charge in [0.25, 0.3) is 5.56 Å². The summed E-state index contributed by atoms with van der Waals surface area (Å²) >= 11 is 20.1. The summed E-state index contributed by atoms with van der Waals surface area (Å²) in [5.41, 5.74) is 3.14. The summed E-state index contributed by atoms with van der Waals surface area (Å²) in [7, 11) is 3.08. The van der Waals surface area contributed by atoms with Gasteiger partial charge in [-0.2, -0.15) is 0 Å². The van der Waals surface area contributed by atoms with Crippen molar-refractivity contribution in [3.8, 4) is 17.2 Å². The highest BCUT2D eigenvalue weighted by molar-refractivity contribution is 7.07. The number of aromatic nitrogens is 1. The van der Waals surface area contributed by atoms with Gasteiger partial charge in [0.05, 0.1) is 57.7 Å². The number of nitrogens with zero attached hydrogens (tertiary/aromatic N) is 2. The van der Waals surface area contributed by atoms with Gasteiger partial charge in [0.1, 0.15) is 12.4 Å². The van der Waals surface area contributed by atoms with Crippen LogP contribution in [0.2, 0.25) is 15.1 Å². The van der Waals surface area contributed by atoms with Crippen molar-refractivity contribution >= 4 is 63.9 Å². The van der Waals surface area contributed by atoms with Gasteiger partial charge in [0.2, 0.25) is 0 Å². The smallest absolute Gasteiger partial charge is 0.338 e. The zero-order valence-corrected chi connectivity index (χ0v) is 29.6. The van der Waals surface area contributed by atoms with Crippen LogP contribution in [0.25, 0.3) is 11.8 Å². The molecule has 0 bridgehead atoms. The first-order valence-electron chi connectivity index (χ1n) is 15.1. The SMILES string of the molecule is CCOC(=O)C1=C(c2ccccc2)N=c2s/c(=C\c3cc(Cl)c(OCc4ccc(Cl)c(Cl)c4)c(OC)c3)c(=O)n2[C@@H]1c1ccc(OC)cc1. The quantitative estimate of drug-likeness (QED) is 0.138. The van der Waals surface area contributed by atoms with Crippen LogP contribution < -0.4 is 29.1 Å². The molecule has 5 aromatic rings. The first-order chi connectivity index (χ1) is 23.7. The largest absolute Gasteiger partial charge is 0.497 e. The van der Waals surface area contributed by atoms with Gasteiger partial charge >= 0.3 is 5.97 Å². The van der Waals surface area contributed by atoms with Crippen LogP contribution in [0.3, 0.4) is 0 Å². The summed E-state index contributed by atoms with van der Waals surface area (Å²) in [6, 6.07) is 24.4. The normalized spacial score (nSPS) is 14.2. The third kappa shape index (κ3) is 7.12. The molecule has 1 atom stereocenters. The standard InChI is InChI=1S/C37H29Cl3N2O6S/c1-4-47-36(44)31-32(23-8-6-5-7-9-23)41-37-42(33(31)24-11-13-25(45-2)14-12-24)35(43)30(49-37)19-22-17-28(40)34(29(18-22)46-3)48-20-21-10-15-26(38)27(39)16-21/h5-19,33H,4,20H2,1-3H3/b30-19-/t33-/m1/s1. The van der Waals surface area contributed by atoms with Gasteiger partial charge in [0.15, 0.2) is 16.3 Å². The maximum atomic E-state index is 14.3. The van der Waals surface area contributed by atoms with Crippen molar-refractivity contribution in [2.75, 3.05) is 20.8 Å². The Hall–Kier alpha value is -4.54. The van der Waals surface area contributed by atoms with Crippen LogP contribution in [0.5, 0.6) is 17.2 Å². The average molecular weight is 736 g/mol. The molecule has 250 valence electrons. The number of methoxy groups -OCH3 is 2. The Bertz CT molecular complexity index is 2250. The third-order valence-corrected chi connectivity index (χ3v) is 9.72. The maximum Gasteiger partial charge on any atom is 0.338 e. The van der Waals surface area contributed by atoms with Gasteiger partial charge in [-0.3, -0.25) is 9.36 Å². The number of hydrogen-bond donors (Lipinski definition) is 0. The molecule has 0 fully saturated rings. The molecule has 1 aliphatic heterocycles. The Morgan fingerprint density at radius 3 is 2.35 bits per heavy atom. The number of carbonyl (C=O) groups is 1. The fraction of sp³-hybridized carbons (Fsp3) is 0.162. The van der Waals surface area contributed by atoms with E-state index in [1.807, 2.05) is 42.5 Å². The molecule has 2 heterocycles. The molecule has 0 amide bonds. The fourth-order valence-corrected chi connectivity index (χ4v) is 7.04. The molecule has 8 nitrogen and oxygen atoms in total. The minimum Gasteiger partial charge on any atom is -0.497 e. The van der Waals surface area contributed by atoms with E-state index in [4.69, 9.17) is 58.7 Å². The number of fused-ring (bicyclic) bond motifs is 1. The lowest BCUT2D eigenvalue weighted by Crippen LogP contribution is -2.40. The second-order valence-electron chi connectivity index (χ2n) is 10.8. The van der Waals surface area contributed by atoms with Crippen LogP contribution >= 0.6 is 46.1 Å². The highest BCUT2D eigenvalue weighted by atomic mass is 35.5. The van der Waals surface area contributed by atoms with Gasteiger partial charge in [-0.1, -0.05) is 94.7 Å². The minimum absolute atomic E-state index is 0.153. The Labute approximate surface area is 301 Å². The lowest BCUT2D eigenvalue weighted by atomic mass is 9.93.